The first-order chi connectivity index (χ1) is 14.8. The van der Waals surface area contributed by atoms with Crippen LogP contribution in [0.3, 0.4) is 0 Å². The molecule has 0 spiro atoms. The summed E-state index contributed by atoms with van der Waals surface area (Å²) in [5.41, 5.74) is 1.79. The van der Waals surface area contributed by atoms with Gasteiger partial charge in [0.2, 0.25) is 5.82 Å². The van der Waals surface area contributed by atoms with Crippen LogP contribution in [0.1, 0.15) is 24.2 Å². The van der Waals surface area contributed by atoms with Gasteiger partial charge in [0, 0.05) is 19.6 Å². The van der Waals surface area contributed by atoms with E-state index < -0.39 is 12.0 Å². The molecule has 4 rings (SSSR count). The van der Waals surface area contributed by atoms with E-state index in [-0.39, 0.29) is 25.0 Å². The summed E-state index contributed by atoms with van der Waals surface area (Å²) >= 11 is 0. The average molecular weight is 431 g/mol. The first kappa shape index (κ1) is 21.2. The summed E-state index contributed by atoms with van der Waals surface area (Å²) in [6.45, 7) is 3.13. The quantitative estimate of drug-likeness (QED) is 0.589. The maximum atomic E-state index is 13.5. The van der Waals surface area contributed by atoms with E-state index >= 15 is 0 Å². The molecule has 1 amide bonds. The molecule has 1 aliphatic rings. The van der Waals surface area contributed by atoms with Crippen LogP contribution in [0.15, 0.2) is 48.5 Å². The molecule has 31 heavy (non-hydrogen) atoms. The van der Waals surface area contributed by atoms with E-state index in [1.807, 2.05) is 31.2 Å². The first-order valence-corrected chi connectivity index (χ1v) is 10.3. The lowest BCUT2D eigenvalue weighted by Crippen LogP contribution is -2.41. The number of aromatic nitrogens is 2. The summed E-state index contributed by atoms with van der Waals surface area (Å²) in [6.07, 6.45) is -3.23. The van der Waals surface area contributed by atoms with Gasteiger partial charge in [0.05, 0.1) is 11.0 Å². The number of alkyl halides is 3. The normalized spacial score (nSPS) is 15.4. The summed E-state index contributed by atoms with van der Waals surface area (Å²) in [5, 5.41) is 0. The summed E-state index contributed by atoms with van der Waals surface area (Å²) < 4.78 is 47.4. The third-order valence-electron chi connectivity index (χ3n) is 5.76. The minimum atomic E-state index is -4.51. The number of fused-ring (bicyclic) bond motifs is 1. The monoisotopic (exact) mass is 431 g/mol. The molecule has 0 atom stereocenters. The van der Waals surface area contributed by atoms with E-state index in [1.165, 1.54) is 4.57 Å². The average Bonchev–Trinajstić information content (AvgIpc) is 3.12. The number of aryl methyl sites for hydroxylation is 1. The lowest BCUT2D eigenvalue weighted by atomic mass is 9.96. The molecule has 8 heteroatoms. The van der Waals surface area contributed by atoms with Gasteiger partial charge in [-0.2, -0.15) is 13.2 Å². The Kier molecular flexibility index (Phi) is 5.89. The van der Waals surface area contributed by atoms with Gasteiger partial charge in [0.15, 0.2) is 6.61 Å². The number of carbonyl (C=O) groups excluding carboxylic acids is 1. The molecule has 5 nitrogen and oxygen atoms in total. The molecule has 0 unspecified atom stereocenters. The van der Waals surface area contributed by atoms with Gasteiger partial charge in [-0.1, -0.05) is 30.3 Å². The fourth-order valence-electron chi connectivity index (χ4n) is 4.05. The zero-order valence-corrected chi connectivity index (χ0v) is 17.2. The highest BCUT2D eigenvalue weighted by Gasteiger charge is 2.38. The van der Waals surface area contributed by atoms with Crippen molar-refractivity contribution in [3.05, 3.63) is 59.9 Å². The van der Waals surface area contributed by atoms with Crippen molar-refractivity contribution in [2.24, 2.45) is 5.92 Å². The number of benzene rings is 2. The van der Waals surface area contributed by atoms with Crippen LogP contribution in [0.5, 0.6) is 5.75 Å². The molecular formula is C23H24F3N3O2. The zero-order valence-electron chi connectivity index (χ0n) is 17.2. The lowest BCUT2D eigenvalue weighted by Gasteiger charge is -2.32. The topological polar surface area (TPSA) is 47.4 Å². The molecule has 0 N–H and O–H groups in total. The van der Waals surface area contributed by atoms with Gasteiger partial charge in [-0.3, -0.25) is 4.79 Å². The number of rotatable bonds is 5. The Bertz CT molecular complexity index is 1070. The van der Waals surface area contributed by atoms with Gasteiger partial charge in [-0.15, -0.1) is 0 Å². The van der Waals surface area contributed by atoms with E-state index in [4.69, 9.17) is 4.74 Å². The summed E-state index contributed by atoms with van der Waals surface area (Å²) in [5.74, 6) is -0.248. The lowest BCUT2D eigenvalue weighted by molar-refractivity contribution is -0.147. The number of likely N-dealkylation sites (tertiary alicyclic amines) is 1. The molecule has 0 bridgehead atoms. The highest BCUT2D eigenvalue weighted by Crippen LogP contribution is 2.33. The van der Waals surface area contributed by atoms with Gasteiger partial charge in [0.1, 0.15) is 5.75 Å². The molecule has 1 aliphatic heterocycles. The number of amides is 1. The number of para-hydroxylation sites is 3. The van der Waals surface area contributed by atoms with Gasteiger partial charge in [-0.25, -0.2) is 4.98 Å². The van der Waals surface area contributed by atoms with Crippen molar-refractivity contribution in [3.63, 3.8) is 0 Å². The number of hydrogen-bond acceptors (Lipinski definition) is 3. The Morgan fingerprint density at radius 2 is 1.77 bits per heavy atom. The number of hydrogen-bond donors (Lipinski definition) is 0. The predicted octanol–water partition coefficient (Wildman–Crippen LogP) is 4.68. The molecule has 0 saturated carbocycles. The number of carbonyl (C=O) groups is 1. The van der Waals surface area contributed by atoms with Gasteiger partial charge < -0.3 is 14.2 Å². The second kappa shape index (κ2) is 8.61. The maximum absolute atomic E-state index is 13.5. The Balaban J connectivity index is 1.37. The van der Waals surface area contributed by atoms with Gasteiger partial charge in [0.25, 0.3) is 5.91 Å². The molecule has 0 radical (unpaired) electrons. The summed E-state index contributed by atoms with van der Waals surface area (Å²) in [6, 6.07) is 14.2. The highest BCUT2D eigenvalue weighted by atomic mass is 19.4. The van der Waals surface area contributed by atoms with Crippen molar-refractivity contribution in [2.45, 2.75) is 32.5 Å². The zero-order chi connectivity index (χ0) is 22.0. The first-order valence-electron chi connectivity index (χ1n) is 10.3. The summed E-state index contributed by atoms with van der Waals surface area (Å²) in [7, 11) is 0. The van der Waals surface area contributed by atoms with E-state index in [0.29, 0.717) is 42.7 Å². The van der Waals surface area contributed by atoms with Crippen molar-refractivity contribution in [1.29, 1.82) is 0 Å². The van der Waals surface area contributed by atoms with Crippen molar-refractivity contribution in [3.8, 4) is 5.75 Å². The Morgan fingerprint density at radius 1 is 1.10 bits per heavy atom. The van der Waals surface area contributed by atoms with Crippen LogP contribution in [-0.4, -0.2) is 40.1 Å². The van der Waals surface area contributed by atoms with Crippen LogP contribution in [-0.2, 0) is 17.5 Å². The van der Waals surface area contributed by atoms with Gasteiger partial charge >= 0.3 is 6.18 Å². The number of halogens is 3. The third kappa shape index (κ3) is 4.68. The molecule has 2 heterocycles. The third-order valence-corrected chi connectivity index (χ3v) is 5.76. The molecule has 0 aliphatic carbocycles. The van der Waals surface area contributed by atoms with Crippen molar-refractivity contribution in [2.75, 3.05) is 19.7 Å². The van der Waals surface area contributed by atoms with Crippen LogP contribution in [0, 0.1) is 12.8 Å². The Morgan fingerprint density at radius 3 is 2.48 bits per heavy atom. The molecule has 1 aromatic heterocycles. The SMILES string of the molecule is Cc1ccccc1OCC(=O)N1CCC(Cn2c(C(F)(F)F)nc3ccccc32)CC1. The van der Waals surface area contributed by atoms with Crippen molar-refractivity contribution < 1.29 is 22.7 Å². The van der Waals surface area contributed by atoms with Crippen LogP contribution < -0.4 is 4.74 Å². The van der Waals surface area contributed by atoms with Crippen molar-refractivity contribution >= 4 is 16.9 Å². The number of imidazole rings is 1. The highest BCUT2D eigenvalue weighted by molar-refractivity contribution is 5.78. The second-order valence-electron chi connectivity index (χ2n) is 7.91. The largest absolute Gasteiger partial charge is 0.484 e. The van der Waals surface area contributed by atoms with Crippen LogP contribution >= 0.6 is 0 Å². The van der Waals surface area contributed by atoms with Crippen LogP contribution in [0.2, 0.25) is 0 Å². The van der Waals surface area contributed by atoms with E-state index in [0.717, 1.165) is 5.56 Å². The standard InChI is InChI=1S/C23H24F3N3O2/c1-16-6-2-5-9-20(16)31-15-21(30)28-12-10-17(11-13-28)14-29-19-8-4-3-7-18(19)27-22(29)23(24,25)26/h2-9,17H,10-15H2,1H3. The molecule has 1 saturated heterocycles. The van der Waals surface area contributed by atoms with E-state index in [1.54, 1.807) is 29.2 Å². The molecule has 2 aromatic carbocycles. The van der Waals surface area contributed by atoms with E-state index in [9.17, 15) is 18.0 Å². The number of piperidine rings is 1. The Labute approximate surface area is 178 Å². The Hall–Kier alpha value is -3.03. The molecule has 1 fully saturated rings. The number of nitrogens with zero attached hydrogens (tertiary/aromatic N) is 3. The van der Waals surface area contributed by atoms with Gasteiger partial charge in [-0.05, 0) is 49.4 Å². The minimum absolute atomic E-state index is 0.0417. The molecule has 164 valence electrons. The summed E-state index contributed by atoms with van der Waals surface area (Å²) in [4.78, 5) is 18.0. The van der Waals surface area contributed by atoms with Crippen LogP contribution in [0.25, 0.3) is 11.0 Å². The van der Waals surface area contributed by atoms with Crippen LogP contribution in [0.4, 0.5) is 13.2 Å². The smallest absolute Gasteiger partial charge is 0.449 e. The fourth-order valence-corrected chi connectivity index (χ4v) is 4.05. The second-order valence-corrected chi connectivity index (χ2v) is 7.91. The predicted molar refractivity (Wildman–Crippen MR) is 111 cm³/mol. The number of ether oxygens (including phenoxy) is 1. The maximum Gasteiger partial charge on any atom is 0.449 e. The molecule has 3 aromatic rings. The van der Waals surface area contributed by atoms with E-state index in [2.05, 4.69) is 4.98 Å². The van der Waals surface area contributed by atoms with Crippen molar-refractivity contribution in [1.82, 2.24) is 14.5 Å². The fraction of sp³-hybridized carbons (Fsp3) is 0.391. The molecular weight excluding hydrogens is 407 g/mol. The minimum Gasteiger partial charge on any atom is -0.484 e.